The van der Waals surface area contributed by atoms with E-state index in [1.54, 1.807) is 48.5 Å². The smallest absolute Gasteiger partial charge is 0.744 e. The molecule has 8 nitrogen and oxygen atoms in total. The van der Waals surface area contributed by atoms with E-state index < -0.39 is 32.3 Å². The molecule has 0 unspecified atom stereocenters. The van der Waals surface area contributed by atoms with Gasteiger partial charge in [0.1, 0.15) is 15.8 Å². The van der Waals surface area contributed by atoms with Crippen molar-refractivity contribution in [2.75, 3.05) is 5.43 Å². The van der Waals surface area contributed by atoms with E-state index in [0.29, 0.717) is 16.5 Å². The number of fused-ring (bicyclic) bond motifs is 2. The van der Waals surface area contributed by atoms with Gasteiger partial charge in [0, 0.05) is 16.5 Å². The molecule has 0 amide bonds. The Hall–Kier alpha value is -2.56. The first-order chi connectivity index (χ1) is 14.3. The zero-order valence-corrected chi connectivity index (χ0v) is 18.9. The summed E-state index contributed by atoms with van der Waals surface area (Å²) in [4.78, 5) is 23.4. The third-order valence-corrected chi connectivity index (χ3v) is 5.55. The number of carbonyl (C=O) groups is 2. The minimum Gasteiger partial charge on any atom is -0.744 e. The Bertz CT molecular complexity index is 1400. The van der Waals surface area contributed by atoms with Crippen LogP contribution in [0.25, 0.3) is 16.8 Å². The molecule has 10 heteroatoms. The zero-order chi connectivity index (χ0) is 21.5. The van der Waals surface area contributed by atoms with Gasteiger partial charge in [0.2, 0.25) is 5.78 Å². The summed E-state index contributed by atoms with van der Waals surface area (Å²) >= 11 is 0. The number of carbonyl (C=O) groups excluding carboxylic acids is 2. The average molecular weight is 460 g/mol. The number of carboxylic acid groups (broad SMARTS) is 1. The summed E-state index contributed by atoms with van der Waals surface area (Å²) in [6.07, 6.45) is 1.19. The number of anilines is 1. The van der Waals surface area contributed by atoms with E-state index in [2.05, 4.69) is 10.5 Å². The fourth-order valence-electron chi connectivity index (χ4n) is 3.29. The second kappa shape index (κ2) is 8.89. The van der Waals surface area contributed by atoms with E-state index in [4.69, 9.17) is 0 Å². The first kappa shape index (κ1) is 23.1. The molecule has 4 rings (SSSR count). The van der Waals surface area contributed by atoms with Gasteiger partial charge < -0.3 is 14.5 Å². The van der Waals surface area contributed by atoms with Crippen LogP contribution in [0.1, 0.15) is 11.1 Å². The molecule has 0 spiro atoms. The molecule has 0 radical (unpaired) electrons. The van der Waals surface area contributed by atoms with Crippen LogP contribution in [0.5, 0.6) is 0 Å². The second-order valence-electron chi connectivity index (χ2n) is 6.45. The van der Waals surface area contributed by atoms with Crippen molar-refractivity contribution in [2.24, 2.45) is 5.10 Å². The van der Waals surface area contributed by atoms with Gasteiger partial charge in [-0.05, 0) is 23.1 Å². The molecule has 1 aliphatic carbocycles. The van der Waals surface area contributed by atoms with E-state index in [0.717, 1.165) is 0 Å². The second-order valence-corrected chi connectivity index (χ2v) is 7.77. The fourth-order valence-corrected chi connectivity index (χ4v) is 4.13. The van der Waals surface area contributed by atoms with Crippen molar-refractivity contribution in [3.63, 3.8) is 0 Å². The van der Waals surface area contributed by atoms with Gasteiger partial charge in [-0.15, -0.1) is 0 Å². The summed E-state index contributed by atoms with van der Waals surface area (Å²) in [6.45, 7) is 0. The minimum atomic E-state index is -4.89. The van der Waals surface area contributed by atoms with Gasteiger partial charge in [0.05, 0.1) is 16.6 Å². The first-order valence-electron chi connectivity index (χ1n) is 8.66. The maximum atomic E-state index is 12.6. The molecule has 150 valence electrons. The number of benzene rings is 3. The number of nitrogens with one attached hydrogen (secondary N) is 1. The van der Waals surface area contributed by atoms with Crippen molar-refractivity contribution in [1.29, 1.82) is 0 Å². The van der Waals surface area contributed by atoms with Gasteiger partial charge in [-0.1, -0.05) is 54.6 Å². The van der Waals surface area contributed by atoms with Gasteiger partial charge >= 0.3 is 37.7 Å². The summed E-state index contributed by atoms with van der Waals surface area (Å²) in [5.41, 5.74) is 2.30. The molecule has 0 saturated carbocycles. The normalized spacial score (nSPS) is 14.5. The molecule has 0 saturated heterocycles. The number of ketones is 1. The molecule has 0 bridgehead atoms. The Morgan fingerprint density at radius 2 is 1.65 bits per heavy atom. The van der Waals surface area contributed by atoms with Crippen LogP contribution in [-0.2, 0) is 19.7 Å². The van der Waals surface area contributed by atoms with Gasteiger partial charge in [-0.2, -0.15) is 5.10 Å². The molecule has 0 fully saturated rings. The number of hydrogen-bond acceptors (Lipinski definition) is 8. The van der Waals surface area contributed by atoms with E-state index in [1.165, 1.54) is 18.2 Å². The monoisotopic (exact) mass is 460 g/mol. The molecule has 0 atom stereocenters. The number of hydrogen-bond donors (Lipinski definition) is 1. The number of aliphatic carboxylic acids is 1. The minimum absolute atomic E-state index is 0. The number of Topliss-reactive ketones (excluding diaryl/α,β-unsaturated/α-hetero) is 1. The molecular weight excluding hydrogens is 448 g/mol. The molecule has 31 heavy (non-hydrogen) atoms. The first-order valence-corrected chi connectivity index (χ1v) is 10.1. The van der Waals surface area contributed by atoms with E-state index in [-0.39, 0.29) is 54.5 Å². The maximum Gasteiger partial charge on any atom is 2.00 e. The van der Waals surface area contributed by atoms with Crippen LogP contribution in [0.2, 0.25) is 0 Å². The standard InChI is InChI=1S/C21H14N2O6S.Ca/c24-19-16(21(25)26)11-13-6-2-3-7-14(13)18(19)23-22-17-10-9-12-5-1-4-8-15(12)20(17)30(27,28)29;/h1-11,22H,(H,25,26)(H,27,28,29);/q;+2/p-2/b23-18-;. The largest absolute Gasteiger partial charge is 2.00 e. The zero-order valence-electron chi connectivity index (χ0n) is 15.9. The van der Waals surface area contributed by atoms with Gasteiger partial charge in [-0.3, -0.25) is 10.2 Å². The van der Waals surface area contributed by atoms with Crippen molar-refractivity contribution >= 4 is 87.9 Å². The summed E-state index contributed by atoms with van der Waals surface area (Å²) in [6, 6.07) is 15.8. The SMILES string of the molecule is O=C([O-])C1=Cc2ccccc2/C(=N/Nc2ccc3ccccc3c2S(=O)(=O)[O-])C1=O.[Ca+2]. The molecule has 0 aromatic heterocycles. The van der Waals surface area contributed by atoms with E-state index in [9.17, 15) is 27.7 Å². The van der Waals surface area contributed by atoms with Crippen molar-refractivity contribution in [3.05, 3.63) is 77.4 Å². The van der Waals surface area contributed by atoms with Gasteiger partial charge in [0.25, 0.3) is 0 Å². The summed E-state index contributed by atoms with van der Waals surface area (Å²) in [5.74, 6) is -2.55. The maximum absolute atomic E-state index is 12.6. The number of carboxylic acids is 1. The van der Waals surface area contributed by atoms with Gasteiger partial charge in [0.15, 0.2) is 0 Å². The van der Waals surface area contributed by atoms with Crippen LogP contribution in [0.3, 0.4) is 0 Å². The topological polar surface area (TPSA) is 139 Å². The van der Waals surface area contributed by atoms with Crippen molar-refractivity contribution < 1.29 is 27.7 Å². The van der Waals surface area contributed by atoms with Crippen LogP contribution in [-0.4, -0.2) is 68.2 Å². The van der Waals surface area contributed by atoms with Crippen LogP contribution >= 0.6 is 0 Å². The Labute approximate surface area is 207 Å². The third-order valence-electron chi connectivity index (χ3n) is 4.61. The quantitative estimate of drug-likeness (QED) is 0.264. The summed E-state index contributed by atoms with van der Waals surface area (Å²) in [7, 11) is -4.89. The van der Waals surface area contributed by atoms with Crippen molar-refractivity contribution in [3.8, 4) is 0 Å². The van der Waals surface area contributed by atoms with Crippen LogP contribution in [0.4, 0.5) is 5.69 Å². The van der Waals surface area contributed by atoms with Crippen LogP contribution < -0.4 is 10.5 Å². The summed E-state index contributed by atoms with van der Waals surface area (Å²) < 4.78 is 35.8. The number of hydrazone groups is 1. The molecule has 0 aliphatic heterocycles. The average Bonchev–Trinajstić information content (AvgIpc) is 2.71. The van der Waals surface area contributed by atoms with Crippen molar-refractivity contribution in [2.45, 2.75) is 4.90 Å². The summed E-state index contributed by atoms with van der Waals surface area (Å²) in [5, 5.41) is 16.0. The molecular formula is C21H12CaN2O6S. The molecule has 0 heterocycles. The fraction of sp³-hybridized carbons (Fsp3) is 0. The molecule has 3 aromatic carbocycles. The van der Waals surface area contributed by atoms with E-state index in [1.807, 2.05) is 0 Å². The Balaban J connectivity index is 0.00000272. The van der Waals surface area contributed by atoms with Crippen molar-refractivity contribution in [1.82, 2.24) is 0 Å². The predicted molar refractivity (Wildman–Crippen MR) is 112 cm³/mol. The number of nitrogens with zero attached hydrogens (tertiary/aromatic N) is 1. The third kappa shape index (κ3) is 4.41. The Morgan fingerprint density at radius 1 is 0.968 bits per heavy atom. The predicted octanol–water partition coefficient (Wildman–Crippen LogP) is 0.895. The molecule has 3 aromatic rings. The van der Waals surface area contributed by atoms with Crippen LogP contribution in [0.15, 0.2) is 76.2 Å². The number of rotatable bonds is 4. The molecule has 1 N–H and O–H groups in total. The Kier molecular flexibility index (Phi) is 6.63. The Morgan fingerprint density at radius 3 is 2.35 bits per heavy atom. The van der Waals surface area contributed by atoms with Gasteiger partial charge in [-0.25, -0.2) is 8.42 Å². The van der Waals surface area contributed by atoms with Crippen LogP contribution in [0, 0.1) is 0 Å². The van der Waals surface area contributed by atoms with E-state index >= 15 is 0 Å². The molecule has 1 aliphatic rings.